The Morgan fingerprint density at radius 1 is 0.319 bits per heavy atom. The minimum absolute atomic E-state index is 0.653. The van der Waals surface area contributed by atoms with Gasteiger partial charge in [-0.2, -0.15) is 0 Å². The Balaban J connectivity index is 1.77. The number of ether oxygens (including phenoxy) is 16. The van der Waals surface area contributed by atoms with Crippen LogP contribution in [0, 0.1) is 0 Å². The molecule has 0 radical (unpaired) electrons. The maximum Gasteiger partial charge on any atom is 0.303 e. The molecular formula is C42H60O30. The standard InChI is InChI=1S/C42H60O30/c1-14(43)57-10-24-32(61-17(4)46)35(64-20(7)49)28(53)40(68-24)60-13-23-31(71-41-29(54)36(65-21(8)50)33(62-18(5)47)25(69-41)11-58-15(2)44)27(52)38(39(56)67-23)72-42-30(55)37(66-22(9)51)34(63-19(6)48)26(70-42)12-59-16(3)45/h23-42,52-56H,10-13H2,1-9H3/t23-,24-,25-,26-,27+,28-,29-,30-,31+,32-,33-,34-,35-,36-,37-,38-,39?,40-,41+,42+/m1/s1. The lowest BCUT2D eigenvalue weighted by molar-refractivity contribution is -0.387. The molecular weight excluding hydrogens is 984 g/mol. The Kier molecular flexibility index (Phi) is 21.9. The van der Waals surface area contributed by atoms with Crippen molar-refractivity contribution in [2.45, 2.75) is 185 Å². The monoisotopic (exact) mass is 1040 g/mol. The number of aliphatic hydroxyl groups excluding tert-OH is 5. The molecule has 0 aromatic rings. The summed E-state index contributed by atoms with van der Waals surface area (Å²) in [5.41, 5.74) is 0. The zero-order valence-corrected chi connectivity index (χ0v) is 40.3. The summed E-state index contributed by atoms with van der Waals surface area (Å²) in [6, 6.07) is 0. The van der Waals surface area contributed by atoms with E-state index in [4.69, 9.17) is 75.8 Å². The van der Waals surface area contributed by atoms with Crippen molar-refractivity contribution in [1.29, 1.82) is 0 Å². The zero-order valence-electron chi connectivity index (χ0n) is 40.3. The Morgan fingerprint density at radius 2 is 0.597 bits per heavy atom. The molecule has 5 N–H and O–H groups in total. The Bertz CT molecular complexity index is 1930. The predicted octanol–water partition coefficient (Wildman–Crippen LogP) is -4.61. The van der Waals surface area contributed by atoms with Crippen LogP contribution >= 0.6 is 0 Å². The minimum Gasteiger partial charge on any atom is -0.463 e. The minimum atomic E-state index is -2.32. The van der Waals surface area contributed by atoms with E-state index in [1.807, 2.05) is 0 Å². The van der Waals surface area contributed by atoms with Crippen molar-refractivity contribution in [3.05, 3.63) is 0 Å². The molecule has 4 rings (SSSR count). The van der Waals surface area contributed by atoms with Crippen molar-refractivity contribution in [2.75, 3.05) is 26.4 Å². The highest BCUT2D eigenvalue weighted by molar-refractivity contribution is 5.69. The third-order valence-corrected chi connectivity index (χ3v) is 10.7. The van der Waals surface area contributed by atoms with Crippen LogP contribution in [-0.2, 0) is 119 Å². The van der Waals surface area contributed by atoms with Crippen molar-refractivity contribution in [1.82, 2.24) is 0 Å². The number of esters is 9. The van der Waals surface area contributed by atoms with Crippen LogP contribution in [0.2, 0.25) is 0 Å². The first-order valence-corrected chi connectivity index (χ1v) is 22.1. The number of carbonyl (C=O) groups is 9. The van der Waals surface area contributed by atoms with Crippen molar-refractivity contribution < 1.29 is 144 Å². The van der Waals surface area contributed by atoms with Crippen LogP contribution in [0.25, 0.3) is 0 Å². The predicted molar refractivity (Wildman–Crippen MR) is 220 cm³/mol. The fourth-order valence-corrected chi connectivity index (χ4v) is 7.88. The molecule has 30 heteroatoms. The highest BCUT2D eigenvalue weighted by Crippen LogP contribution is 2.36. The number of aliphatic hydroxyl groups is 5. The number of rotatable bonds is 19. The Hall–Kier alpha value is -5.25. The van der Waals surface area contributed by atoms with Gasteiger partial charge >= 0.3 is 53.7 Å². The topological polar surface area (TPSA) is 402 Å². The molecule has 0 aromatic carbocycles. The van der Waals surface area contributed by atoms with Crippen molar-refractivity contribution in [3.8, 4) is 0 Å². The van der Waals surface area contributed by atoms with Crippen LogP contribution in [0.4, 0.5) is 0 Å². The lowest BCUT2D eigenvalue weighted by Gasteiger charge is -2.49. The highest BCUT2D eigenvalue weighted by atomic mass is 16.8. The van der Waals surface area contributed by atoms with Gasteiger partial charge in [-0.3, -0.25) is 43.2 Å². The third-order valence-electron chi connectivity index (χ3n) is 10.7. The molecule has 0 amide bonds. The van der Waals surface area contributed by atoms with Crippen LogP contribution in [0.15, 0.2) is 0 Å². The van der Waals surface area contributed by atoms with Gasteiger partial charge in [0.05, 0.1) is 6.61 Å². The van der Waals surface area contributed by atoms with Gasteiger partial charge in [0, 0.05) is 62.3 Å². The van der Waals surface area contributed by atoms with Crippen LogP contribution in [-0.4, -0.2) is 229 Å². The maximum absolute atomic E-state index is 12.3. The van der Waals surface area contributed by atoms with E-state index in [2.05, 4.69) is 0 Å². The molecule has 20 atom stereocenters. The second-order valence-electron chi connectivity index (χ2n) is 16.5. The smallest absolute Gasteiger partial charge is 0.303 e. The van der Waals surface area contributed by atoms with E-state index in [0.717, 1.165) is 62.3 Å². The fourth-order valence-electron chi connectivity index (χ4n) is 7.88. The summed E-state index contributed by atoms with van der Waals surface area (Å²) in [7, 11) is 0. The first-order valence-electron chi connectivity index (χ1n) is 22.1. The summed E-state index contributed by atoms with van der Waals surface area (Å²) in [6.07, 6.45) is -37.9. The highest BCUT2D eigenvalue weighted by Gasteiger charge is 2.58. The molecule has 0 spiro atoms. The van der Waals surface area contributed by atoms with E-state index in [-0.39, 0.29) is 0 Å². The first kappa shape index (κ1) is 59.3. The Labute approximate surface area is 409 Å². The third kappa shape index (κ3) is 16.4. The van der Waals surface area contributed by atoms with Crippen LogP contribution < -0.4 is 0 Å². The first-order chi connectivity index (χ1) is 33.7. The van der Waals surface area contributed by atoms with Crippen molar-refractivity contribution in [3.63, 3.8) is 0 Å². The van der Waals surface area contributed by atoms with E-state index in [9.17, 15) is 68.7 Å². The van der Waals surface area contributed by atoms with Gasteiger partial charge in [0.15, 0.2) is 61.8 Å². The van der Waals surface area contributed by atoms with E-state index in [1.165, 1.54) is 0 Å². The molecule has 408 valence electrons. The molecule has 4 fully saturated rings. The van der Waals surface area contributed by atoms with Gasteiger partial charge in [-0.25, -0.2) is 0 Å². The molecule has 1 unspecified atom stereocenters. The number of carbonyl (C=O) groups excluding carboxylic acids is 9. The average molecular weight is 1040 g/mol. The summed E-state index contributed by atoms with van der Waals surface area (Å²) in [5, 5.41) is 58.3. The maximum atomic E-state index is 12.3. The summed E-state index contributed by atoms with van der Waals surface area (Å²) in [4.78, 5) is 109. The summed E-state index contributed by atoms with van der Waals surface area (Å²) < 4.78 is 88.0. The quantitative estimate of drug-likeness (QED) is 0.0600. The van der Waals surface area contributed by atoms with E-state index >= 15 is 0 Å². The van der Waals surface area contributed by atoms with Crippen LogP contribution in [0.1, 0.15) is 62.3 Å². The molecule has 0 aromatic heterocycles. The van der Waals surface area contributed by atoms with Gasteiger partial charge in [0.25, 0.3) is 0 Å². The molecule has 0 bridgehead atoms. The number of hydrogen-bond donors (Lipinski definition) is 5. The molecule has 4 heterocycles. The van der Waals surface area contributed by atoms with E-state index < -0.39 is 203 Å². The largest absolute Gasteiger partial charge is 0.463 e. The molecule has 4 aliphatic rings. The summed E-state index contributed by atoms with van der Waals surface area (Å²) in [5.74, 6) is -8.36. The van der Waals surface area contributed by atoms with Crippen LogP contribution in [0.3, 0.4) is 0 Å². The van der Waals surface area contributed by atoms with E-state index in [0.29, 0.717) is 0 Å². The summed E-state index contributed by atoms with van der Waals surface area (Å²) >= 11 is 0. The second-order valence-corrected chi connectivity index (χ2v) is 16.5. The number of hydrogen-bond acceptors (Lipinski definition) is 30. The van der Waals surface area contributed by atoms with Gasteiger partial charge in [-0.15, -0.1) is 0 Å². The Morgan fingerprint density at radius 3 is 0.917 bits per heavy atom. The molecule has 30 nitrogen and oxygen atoms in total. The molecule has 0 aliphatic carbocycles. The SMILES string of the molecule is CC(=O)OC[C@H]1O[C@@H](OC[C@H]2OC(O)[C@H](O[C@@H]3O[C@H](COC(C)=O)[C@@H](OC(C)=O)[C@H](OC(C)=O)[C@H]3O)[C@@H](O)[C@H]2O[C@@H]2O[C@H](COC(C)=O)[C@@H](OC(C)=O)[C@H](OC(C)=O)[C@H]2O)[C@H](O)[C@@H](OC(C)=O)[C@@H]1OC(C)=O. The van der Waals surface area contributed by atoms with Gasteiger partial charge in [-0.05, 0) is 0 Å². The molecule has 4 aliphatic heterocycles. The summed E-state index contributed by atoms with van der Waals surface area (Å²) in [6.45, 7) is 5.89. The molecule has 0 saturated carbocycles. The van der Waals surface area contributed by atoms with Crippen molar-refractivity contribution in [2.24, 2.45) is 0 Å². The van der Waals surface area contributed by atoms with Gasteiger partial charge in [0.1, 0.15) is 80.9 Å². The molecule has 72 heavy (non-hydrogen) atoms. The zero-order chi connectivity index (χ0) is 53.9. The van der Waals surface area contributed by atoms with E-state index in [1.54, 1.807) is 0 Å². The lowest BCUT2D eigenvalue weighted by Crippen LogP contribution is -2.68. The van der Waals surface area contributed by atoms with Crippen molar-refractivity contribution >= 4 is 53.7 Å². The van der Waals surface area contributed by atoms with Gasteiger partial charge < -0.3 is 101 Å². The normalized spacial score (nSPS) is 36.6. The van der Waals surface area contributed by atoms with Gasteiger partial charge in [0.2, 0.25) is 0 Å². The average Bonchev–Trinajstić information content (AvgIpc) is 3.26. The van der Waals surface area contributed by atoms with Crippen LogP contribution in [0.5, 0.6) is 0 Å². The second kappa shape index (κ2) is 26.6. The molecule has 4 saturated heterocycles. The van der Waals surface area contributed by atoms with Gasteiger partial charge in [-0.1, -0.05) is 0 Å². The fraction of sp³-hybridized carbons (Fsp3) is 0.786. The lowest BCUT2D eigenvalue weighted by atomic mass is 9.95.